The molecule has 1 amide bonds. The Morgan fingerprint density at radius 3 is 2.75 bits per heavy atom. The van der Waals surface area contributed by atoms with Gasteiger partial charge in [-0.1, -0.05) is 0 Å². The maximum Gasteiger partial charge on any atom is 0.251 e. The third-order valence-corrected chi connectivity index (χ3v) is 3.36. The fourth-order valence-electron chi connectivity index (χ4n) is 1.42. The quantitative estimate of drug-likeness (QED) is 0.891. The van der Waals surface area contributed by atoms with E-state index in [1.54, 1.807) is 0 Å². The number of rotatable bonds is 3. The van der Waals surface area contributed by atoms with Crippen molar-refractivity contribution in [3.8, 4) is 0 Å². The standard InChI is InChI=1S/C11H11BrFNO2/c12-8-2-1-7(5-9(8)13)10(16)14-11(6-15)3-4-11/h1-2,5,15H,3-4,6H2,(H,14,16). The molecule has 1 fully saturated rings. The molecular formula is C11H11BrFNO2. The van der Waals surface area contributed by atoms with Crippen molar-refractivity contribution in [3.05, 3.63) is 34.1 Å². The van der Waals surface area contributed by atoms with E-state index in [1.807, 2.05) is 0 Å². The number of carbonyl (C=O) groups is 1. The van der Waals surface area contributed by atoms with Gasteiger partial charge in [0.05, 0.1) is 16.6 Å². The molecule has 5 heteroatoms. The smallest absolute Gasteiger partial charge is 0.251 e. The zero-order valence-corrected chi connectivity index (χ0v) is 10.1. The number of halogens is 2. The summed E-state index contributed by atoms with van der Waals surface area (Å²) in [7, 11) is 0. The van der Waals surface area contributed by atoms with E-state index in [0.29, 0.717) is 4.47 Å². The van der Waals surface area contributed by atoms with Crippen LogP contribution < -0.4 is 5.32 Å². The lowest BCUT2D eigenvalue weighted by atomic mass is 10.2. The number of carbonyl (C=O) groups excluding carboxylic acids is 1. The van der Waals surface area contributed by atoms with Crippen LogP contribution in [0.25, 0.3) is 0 Å². The molecule has 16 heavy (non-hydrogen) atoms. The molecule has 0 aromatic heterocycles. The van der Waals surface area contributed by atoms with E-state index in [0.717, 1.165) is 12.8 Å². The van der Waals surface area contributed by atoms with E-state index < -0.39 is 11.4 Å². The van der Waals surface area contributed by atoms with Gasteiger partial charge in [0.25, 0.3) is 5.91 Å². The van der Waals surface area contributed by atoms with Gasteiger partial charge in [-0.2, -0.15) is 0 Å². The molecule has 2 rings (SSSR count). The predicted molar refractivity (Wildman–Crippen MR) is 60.6 cm³/mol. The summed E-state index contributed by atoms with van der Waals surface area (Å²) in [5, 5.41) is 11.8. The lowest BCUT2D eigenvalue weighted by molar-refractivity contribution is 0.0906. The lowest BCUT2D eigenvalue weighted by Crippen LogP contribution is -2.39. The predicted octanol–water partition coefficient (Wildman–Crippen LogP) is 1.84. The molecule has 0 spiro atoms. The number of amides is 1. The van der Waals surface area contributed by atoms with E-state index in [9.17, 15) is 9.18 Å². The van der Waals surface area contributed by atoms with Crippen LogP contribution in [-0.4, -0.2) is 23.2 Å². The summed E-state index contributed by atoms with van der Waals surface area (Å²) in [5.41, 5.74) is -0.207. The van der Waals surface area contributed by atoms with E-state index in [1.165, 1.54) is 18.2 Å². The van der Waals surface area contributed by atoms with Crippen molar-refractivity contribution in [1.29, 1.82) is 0 Å². The second-order valence-electron chi connectivity index (χ2n) is 4.02. The maximum atomic E-state index is 13.2. The largest absolute Gasteiger partial charge is 0.394 e. The van der Waals surface area contributed by atoms with E-state index in [4.69, 9.17) is 5.11 Å². The van der Waals surface area contributed by atoms with Crippen LogP contribution in [0.5, 0.6) is 0 Å². The average molecular weight is 288 g/mol. The summed E-state index contributed by atoms with van der Waals surface area (Å²) >= 11 is 3.02. The molecule has 0 heterocycles. The Hall–Kier alpha value is -0.940. The lowest BCUT2D eigenvalue weighted by Gasteiger charge is -2.14. The van der Waals surface area contributed by atoms with Gasteiger partial charge in [-0.25, -0.2) is 4.39 Å². The van der Waals surface area contributed by atoms with Crippen LogP contribution >= 0.6 is 15.9 Å². The Morgan fingerprint density at radius 2 is 2.25 bits per heavy atom. The summed E-state index contributed by atoms with van der Waals surface area (Å²) < 4.78 is 13.5. The topological polar surface area (TPSA) is 49.3 Å². The summed E-state index contributed by atoms with van der Waals surface area (Å²) in [6.45, 7) is -0.0717. The monoisotopic (exact) mass is 287 g/mol. The molecule has 1 aromatic carbocycles. The van der Waals surface area contributed by atoms with Gasteiger partial charge in [-0.15, -0.1) is 0 Å². The Morgan fingerprint density at radius 1 is 1.56 bits per heavy atom. The minimum Gasteiger partial charge on any atom is -0.394 e. The molecule has 0 radical (unpaired) electrons. The van der Waals surface area contributed by atoms with Crippen LogP contribution in [0.1, 0.15) is 23.2 Å². The minimum atomic E-state index is -0.472. The average Bonchev–Trinajstić information content (AvgIpc) is 3.02. The number of aliphatic hydroxyl groups excluding tert-OH is 1. The summed E-state index contributed by atoms with van der Waals surface area (Å²) in [6, 6.07) is 4.20. The first kappa shape index (κ1) is 11.5. The highest BCUT2D eigenvalue weighted by Crippen LogP contribution is 2.34. The third kappa shape index (κ3) is 2.25. The summed E-state index contributed by atoms with van der Waals surface area (Å²) in [4.78, 5) is 11.7. The van der Waals surface area contributed by atoms with E-state index in [-0.39, 0.29) is 18.1 Å². The normalized spacial score (nSPS) is 16.9. The molecule has 0 unspecified atom stereocenters. The fraction of sp³-hybridized carbons (Fsp3) is 0.364. The number of hydrogen-bond acceptors (Lipinski definition) is 2. The second-order valence-corrected chi connectivity index (χ2v) is 4.88. The highest BCUT2D eigenvalue weighted by atomic mass is 79.9. The van der Waals surface area contributed by atoms with Crippen molar-refractivity contribution in [2.45, 2.75) is 18.4 Å². The Kier molecular flexibility index (Phi) is 2.99. The molecular weight excluding hydrogens is 277 g/mol. The maximum absolute atomic E-state index is 13.2. The molecule has 0 saturated heterocycles. The zero-order chi connectivity index (χ0) is 11.8. The number of nitrogens with one attached hydrogen (secondary N) is 1. The van der Waals surface area contributed by atoms with Crippen molar-refractivity contribution in [3.63, 3.8) is 0 Å². The molecule has 1 aliphatic rings. The van der Waals surface area contributed by atoms with Gasteiger partial charge < -0.3 is 10.4 Å². The molecule has 1 saturated carbocycles. The second kappa shape index (κ2) is 4.14. The molecule has 1 aliphatic carbocycles. The van der Waals surface area contributed by atoms with Crippen LogP contribution in [-0.2, 0) is 0 Å². The number of benzene rings is 1. The highest BCUT2D eigenvalue weighted by molar-refractivity contribution is 9.10. The van der Waals surface area contributed by atoms with Gasteiger partial charge in [0, 0.05) is 5.56 Å². The van der Waals surface area contributed by atoms with Crippen LogP contribution in [0.2, 0.25) is 0 Å². The Labute approximate surface area is 101 Å². The van der Waals surface area contributed by atoms with E-state index in [2.05, 4.69) is 21.2 Å². The molecule has 0 aliphatic heterocycles. The molecule has 0 bridgehead atoms. The van der Waals surface area contributed by atoms with Gasteiger partial charge in [0.1, 0.15) is 5.82 Å². The molecule has 2 N–H and O–H groups in total. The van der Waals surface area contributed by atoms with Gasteiger partial charge in [0.15, 0.2) is 0 Å². The van der Waals surface area contributed by atoms with Gasteiger partial charge in [0.2, 0.25) is 0 Å². The summed E-state index contributed by atoms with van der Waals surface area (Å²) in [6.07, 6.45) is 1.54. The van der Waals surface area contributed by atoms with Crippen molar-refractivity contribution >= 4 is 21.8 Å². The van der Waals surface area contributed by atoms with Crippen LogP contribution in [0.4, 0.5) is 4.39 Å². The fourth-order valence-corrected chi connectivity index (χ4v) is 1.67. The van der Waals surface area contributed by atoms with Crippen LogP contribution in [0.3, 0.4) is 0 Å². The molecule has 1 aromatic rings. The van der Waals surface area contributed by atoms with Crippen molar-refractivity contribution in [2.75, 3.05) is 6.61 Å². The SMILES string of the molecule is O=C(NC1(CO)CC1)c1ccc(Br)c(F)c1. The van der Waals surface area contributed by atoms with Gasteiger partial charge in [-0.3, -0.25) is 4.79 Å². The van der Waals surface area contributed by atoms with Crippen LogP contribution in [0.15, 0.2) is 22.7 Å². The number of aliphatic hydroxyl groups is 1. The first-order valence-electron chi connectivity index (χ1n) is 4.95. The van der Waals surface area contributed by atoms with Crippen molar-refractivity contribution in [1.82, 2.24) is 5.32 Å². The minimum absolute atomic E-state index is 0.0717. The Balaban J connectivity index is 2.12. The first-order chi connectivity index (χ1) is 7.56. The van der Waals surface area contributed by atoms with Gasteiger partial charge >= 0.3 is 0 Å². The molecule has 3 nitrogen and oxygen atoms in total. The zero-order valence-electron chi connectivity index (χ0n) is 8.46. The van der Waals surface area contributed by atoms with Crippen molar-refractivity contribution in [2.24, 2.45) is 0 Å². The Bertz CT molecular complexity index is 432. The highest BCUT2D eigenvalue weighted by Gasteiger charge is 2.43. The van der Waals surface area contributed by atoms with Crippen molar-refractivity contribution < 1.29 is 14.3 Å². The third-order valence-electron chi connectivity index (χ3n) is 2.72. The molecule has 0 atom stereocenters. The summed E-state index contributed by atoms with van der Waals surface area (Å²) in [5.74, 6) is -0.820. The number of hydrogen-bond donors (Lipinski definition) is 2. The van der Waals surface area contributed by atoms with Crippen LogP contribution in [0, 0.1) is 5.82 Å². The molecule has 86 valence electrons. The van der Waals surface area contributed by atoms with Gasteiger partial charge in [-0.05, 0) is 47.0 Å². The first-order valence-corrected chi connectivity index (χ1v) is 5.74. The van der Waals surface area contributed by atoms with E-state index >= 15 is 0 Å².